The SMILES string of the molecule is CCCCCCCCCCCCCCCCCCCC(=O)OC[C@H](COP(=O)(O)OC[C@@H](O)COP(=O)(O)OC[C@@H](COC(=O)CCCCCCCCCC(C)C)OC(=O)CCCCCCCCCCCCCCCC)OC(=O)CCCCCCCCCCCCCCCCC(C)CC. The van der Waals surface area contributed by atoms with E-state index in [4.69, 9.17) is 37.0 Å². The smallest absolute Gasteiger partial charge is 0.462 e. The molecule has 0 spiro atoms. The first kappa shape index (κ1) is 97.1. The van der Waals surface area contributed by atoms with Gasteiger partial charge in [-0.15, -0.1) is 0 Å². The normalized spacial score (nSPS) is 14.2. The van der Waals surface area contributed by atoms with Crippen molar-refractivity contribution < 1.29 is 80.2 Å². The number of aliphatic hydroxyl groups is 1. The Bertz CT molecular complexity index is 1910. The number of aliphatic hydroxyl groups excluding tert-OH is 1. The molecule has 3 unspecified atom stereocenters. The molecule has 3 N–H and O–H groups in total. The van der Waals surface area contributed by atoms with Gasteiger partial charge in [-0.25, -0.2) is 9.13 Å². The number of hydrogen-bond donors (Lipinski definition) is 3. The van der Waals surface area contributed by atoms with E-state index in [-0.39, 0.29) is 25.7 Å². The van der Waals surface area contributed by atoms with Crippen molar-refractivity contribution in [2.75, 3.05) is 39.6 Å². The molecule has 0 aliphatic carbocycles. The van der Waals surface area contributed by atoms with Gasteiger partial charge in [0.15, 0.2) is 12.2 Å². The third-order valence-electron chi connectivity index (χ3n) is 19.1. The van der Waals surface area contributed by atoms with Gasteiger partial charge in [0.2, 0.25) is 0 Å². The van der Waals surface area contributed by atoms with E-state index >= 15 is 0 Å². The minimum atomic E-state index is -4.96. The largest absolute Gasteiger partial charge is 0.472 e. The fraction of sp³-hybridized carbons (Fsp3) is 0.950. The van der Waals surface area contributed by atoms with E-state index in [2.05, 4.69) is 41.5 Å². The van der Waals surface area contributed by atoms with Crippen LogP contribution < -0.4 is 0 Å². The van der Waals surface area contributed by atoms with Gasteiger partial charge < -0.3 is 33.8 Å². The molecule has 99 heavy (non-hydrogen) atoms. The second-order valence-corrected chi connectivity index (χ2v) is 32.4. The number of carbonyl (C=O) groups excluding carboxylic acids is 4. The molecule has 0 aliphatic heterocycles. The van der Waals surface area contributed by atoms with Crippen LogP contribution in [-0.2, 0) is 65.4 Å². The summed E-state index contributed by atoms with van der Waals surface area (Å²) in [5, 5.41) is 10.6. The third-order valence-corrected chi connectivity index (χ3v) is 21.0. The predicted octanol–water partition coefficient (Wildman–Crippen LogP) is 23.9. The summed E-state index contributed by atoms with van der Waals surface area (Å²) < 4.78 is 68.7. The Kier molecular flexibility index (Phi) is 70.3. The van der Waals surface area contributed by atoms with E-state index in [1.807, 2.05) is 0 Å². The van der Waals surface area contributed by atoms with Crippen molar-refractivity contribution in [2.45, 2.75) is 439 Å². The molecule has 0 saturated heterocycles. The molecule has 19 heteroatoms. The van der Waals surface area contributed by atoms with Crippen LogP contribution in [0.2, 0.25) is 0 Å². The highest BCUT2D eigenvalue weighted by molar-refractivity contribution is 7.47. The van der Waals surface area contributed by atoms with Crippen molar-refractivity contribution >= 4 is 39.5 Å². The number of esters is 4. The molecule has 17 nitrogen and oxygen atoms in total. The Labute approximate surface area is 607 Å². The van der Waals surface area contributed by atoms with Crippen LogP contribution >= 0.6 is 15.6 Å². The maximum absolute atomic E-state index is 13.1. The number of phosphoric ester groups is 2. The molecular weight excluding hydrogens is 1290 g/mol. The summed E-state index contributed by atoms with van der Waals surface area (Å²) in [4.78, 5) is 73.0. The molecule has 0 bridgehead atoms. The topological polar surface area (TPSA) is 237 Å². The monoisotopic (exact) mass is 1450 g/mol. The second-order valence-electron chi connectivity index (χ2n) is 29.5. The lowest BCUT2D eigenvalue weighted by Crippen LogP contribution is -2.30. The molecule has 0 aliphatic rings. The third kappa shape index (κ3) is 72.8. The van der Waals surface area contributed by atoms with E-state index in [0.717, 1.165) is 102 Å². The van der Waals surface area contributed by atoms with Crippen LogP contribution in [0.5, 0.6) is 0 Å². The summed E-state index contributed by atoms with van der Waals surface area (Å²) in [5.74, 6) is -0.558. The summed E-state index contributed by atoms with van der Waals surface area (Å²) in [5.41, 5.74) is 0. The second kappa shape index (κ2) is 71.7. The lowest BCUT2D eigenvalue weighted by molar-refractivity contribution is -0.161. The predicted molar refractivity (Wildman–Crippen MR) is 405 cm³/mol. The zero-order valence-corrected chi connectivity index (χ0v) is 66.6. The molecule has 0 aromatic rings. The van der Waals surface area contributed by atoms with E-state index in [0.29, 0.717) is 31.6 Å². The molecule has 0 aromatic heterocycles. The van der Waals surface area contributed by atoms with Gasteiger partial charge >= 0.3 is 39.5 Å². The minimum absolute atomic E-state index is 0.107. The fourth-order valence-corrected chi connectivity index (χ4v) is 13.9. The van der Waals surface area contributed by atoms with Gasteiger partial charge in [-0.3, -0.25) is 37.3 Å². The average molecular weight is 1450 g/mol. The van der Waals surface area contributed by atoms with Crippen LogP contribution in [0.25, 0.3) is 0 Å². The van der Waals surface area contributed by atoms with Crippen LogP contribution in [-0.4, -0.2) is 96.7 Å². The molecule has 6 atom stereocenters. The highest BCUT2D eigenvalue weighted by Crippen LogP contribution is 2.45. The van der Waals surface area contributed by atoms with Crippen LogP contribution in [0.3, 0.4) is 0 Å². The van der Waals surface area contributed by atoms with E-state index in [1.54, 1.807) is 0 Å². The first-order valence-electron chi connectivity index (χ1n) is 41.5. The number of rotatable bonds is 79. The zero-order chi connectivity index (χ0) is 72.8. The van der Waals surface area contributed by atoms with Crippen LogP contribution in [0.4, 0.5) is 0 Å². The Morgan fingerprint density at radius 2 is 0.515 bits per heavy atom. The van der Waals surface area contributed by atoms with Gasteiger partial charge in [0.1, 0.15) is 19.3 Å². The van der Waals surface area contributed by atoms with Crippen molar-refractivity contribution in [2.24, 2.45) is 11.8 Å². The summed E-state index contributed by atoms with van der Waals surface area (Å²) in [6.45, 7) is 9.63. The molecule has 0 saturated carbocycles. The van der Waals surface area contributed by atoms with Gasteiger partial charge in [0, 0.05) is 25.7 Å². The quantitative estimate of drug-likeness (QED) is 0.0222. The molecule has 0 heterocycles. The summed E-state index contributed by atoms with van der Waals surface area (Å²) in [7, 11) is -9.92. The molecule has 0 amide bonds. The van der Waals surface area contributed by atoms with E-state index in [9.17, 15) is 43.2 Å². The van der Waals surface area contributed by atoms with E-state index < -0.39 is 97.5 Å². The molecular formula is C80H156O17P2. The van der Waals surface area contributed by atoms with Gasteiger partial charge in [-0.2, -0.15) is 0 Å². The molecule has 0 rings (SSSR count). The van der Waals surface area contributed by atoms with Gasteiger partial charge in [-0.1, -0.05) is 369 Å². The standard InChI is InChI=1S/C80H156O17P2/c1-7-10-12-14-16-18-20-22-24-25-26-31-34-38-44-50-56-62-77(82)90-68-75(96-79(84)65-59-53-46-40-36-32-28-27-29-33-37-43-49-55-61-73(6)9-3)70-94-98(86,87)92-66-74(81)67-93-99(88,89)95-71-76(69-91-78(83)63-57-51-47-41-42-48-54-60-72(4)5)97-80(85)64-58-52-45-39-35-30-23-21-19-17-15-13-11-8-2/h72-76,81H,7-71H2,1-6H3,(H,86,87)(H,88,89)/t73?,74-,75-,76-/m1/s1. The fourth-order valence-electron chi connectivity index (χ4n) is 12.3. The summed E-state index contributed by atoms with van der Waals surface area (Å²) in [6, 6.07) is 0. The van der Waals surface area contributed by atoms with Crippen molar-refractivity contribution in [1.29, 1.82) is 0 Å². The highest BCUT2D eigenvalue weighted by atomic mass is 31.2. The van der Waals surface area contributed by atoms with Crippen molar-refractivity contribution in [1.82, 2.24) is 0 Å². The lowest BCUT2D eigenvalue weighted by Gasteiger charge is -2.21. The Morgan fingerprint density at radius 3 is 0.768 bits per heavy atom. The number of phosphoric acid groups is 2. The molecule has 0 radical (unpaired) electrons. The first-order chi connectivity index (χ1) is 47.9. The van der Waals surface area contributed by atoms with Gasteiger partial charge in [0.05, 0.1) is 26.4 Å². The number of ether oxygens (including phenoxy) is 4. The maximum atomic E-state index is 13.1. The Morgan fingerprint density at radius 1 is 0.293 bits per heavy atom. The van der Waals surface area contributed by atoms with Crippen LogP contribution in [0.15, 0.2) is 0 Å². The number of unbranched alkanes of at least 4 members (excludes halogenated alkanes) is 48. The lowest BCUT2D eigenvalue weighted by atomic mass is 9.99. The van der Waals surface area contributed by atoms with Crippen molar-refractivity contribution in [3.8, 4) is 0 Å². The average Bonchev–Trinajstić information content (AvgIpc) is 0.972. The van der Waals surface area contributed by atoms with Gasteiger partial charge in [0.25, 0.3) is 0 Å². The molecule has 588 valence electrons. The van der Waals surface area contributed by atoms with Crippen LogP contribution in [0, 0.1) is 11.8 Å². The maximum Gasteiger partial charge on any atom is 0.472 e. The molecule has 0 aromatic carbocycles. The van der Waals surface area contributed by atoms with Gasteiger partial charge in [-0.05, 0) is 37.5 Å². The summed E-state index contributed by atoms with van der Waals surface area (Å²) >= 11 is 0. The van der Waals surface area contributed by atoms with Crippen molar-refractivity contribution in [3.05, 3.63) is 0 Å². The molecule has 0 fully saturated rings. The van der Waals surface area contributed by atoms with E-state index in [1.165, 1.54) is 231 Å². The Balaban J connectivity index is 5.24. The zero-order valence-electron chi connectivity index (χ0n) is 64.8. The highest BCUT2D eigenvalue weighted by Gasteiger charge is 2.30. The number of carbonyl (C=O) groups is 4. The Hall–Kier alpha value is -1.94. The minimum Gasteiger partial charge on any atom is -0.462 e. The van der Waals surface area contributed by atoms with Crippen molar-refractivity contribution in [3.63, 3.8) is 0 Å². The van der Waals surface area contributed by atoms with Crippen LogP contribution in [0.1, 0.15) is 420 Å². The number of hydrogen-bond acceptors (Lipinski definition) is 15. The summed E-state index contributed by atoms with van der Waals surface area (Å²) in [6.07, 6.45) is 61.0. The first-order valence-corrected chi connectivity index (χ1v) is 44.5.